The maximum atomic E-state index is 13.0. The van der Waals surface area contributed by atoms with E-state index in [4.69, 9.17) is 4.74 Å². The molecule has 0 atom stereocenters. The molecule has 0 bridgehead atoms. The number of aryl methyl sites for hydroxylation is 1. The van der Waals surface area contributed by atoms with E-state index in [2.05, 4.69) is 22.5 Å². The van der Waals surface area contributed by atoms with Gasteiger partial charge in [-0.05, 0) is 56.4 Å². The number of rotatable bonds is 9. The molecule has 1 fully saturated rings. The number of piperidine rings is 1. The van der Waals surface area contributed by atoms with E-state index in [-0.39, 0.29) is 17.2 Å². The van der Waals surface area contributed by atoms with Crippen molar-refractivity contribution in [2.45, 2.75) is 33.1 Å². The number of nitro groups is 1. The second-order valence-corrected chi connectivity index (χ2v) is 8.72. The first kappa shape index (κ1) is 25.2. The Kier molecular flexibility index (Phi) is 8.59. The van der Waals surface area contributed by atoms with Crippen LogP contribution in [0.2, 0.25) is 0 Å². The lowest BCUT2D eigenvalue weighted by atomic mass is 9.97. The smallest absolute Gasteiger partial charge is 0.273 e. The summed E-state index contributed by atoms with van der Waals surface area (Å²) < 4.78 is 5.04. The third-order valence-electron chi connectivity index (χ3n) is 6.10. The molecule has 9 nitrogen and oxygen atoms in total. The molecule has 1 aliphatic rings. The number of carbonyl (C=O) groups excluding carboxylic acids is 2. The van der Waals surface area contributed by atoms with Gasteiger partial charge < -0.3 is 20.3 Å². The van der Waals surface area contributed by atoms with Gasteiger partial charge in [0.2, 0.25) is 0 Å². The van der Waals surface area contributed by atoms with Crippen LogP contribution < -0.4 is 15.5 Å². The summed E-state index contributed by atoms with van der Waals surface area (Å²) in [6, 6.07) is 9.64. The molecule has 2 aromatic carbocycles. The highest BCUT2D eigenvalue weighted by molar-refractivity contribution is 6.06. The van der Waals surface area contributed by atoms with Crippen molar-refractivity contribution in [2.24, 2.45) is 5.92 Å². The molecule has 0 spiro atoms. The average Bonchev–Trinajstić information content (AvgIpc) is 2.82. The predicted octanol–water partition coefficient (Wildman–Crippen LogP) is 4.16. The largest absolute Gasteiger partial charge is 0.385 e. The molecule has 1 heterocycles. The number of nitrogens with zero attached hydrogens (tertiary/aromatic N) is 2. The molecule has 2 amide bonds. The van der Waals surface area contributed by atoms with Crippen LogP contribution in [-0.4, -0.2) is 50.1 Å². The first-order valence-corrected chi connectivity index (χ1v) is 11.5. The molecule has 3 rings (SSSR count). The van der Waals surface area contributed by atoms with Gasteiger partial charge in [-0.1, -0.05) is 13.0 Å². The van der Waals surface area contributed by atoms with Gasteiger partial charge in [0.25, 0.3) is 17.5 Å². The summed E-state index contributed by atoms with van der Waals surface area (Å²) in [7, 11) is 1.62. The molecule has 1 aliphatic heterocycles. The maximum absolute atomic E-state index is 13.0. The van der Waals surface area contributed by atoms with Crippen LogP contribution in [0, 0.1) is 23.0 Å². The lowest BCUT2D eigenvalue weighted by molar-refractivity contribution is -0.385. The highest BCUT2D eigenvalue weighted by atomic mass is 16.6. The highest BCUT2D eigenvalue weighted by Gasteiger charge is 2.22. The number of benzene rings is 2. The normalized spacial score (nSPS) is 14.0. The number of amides is 2. The molecule has 0 unspecified atom stereocenters. The third kappa shape index (κ3) is 6.32. The van der Waals surface area contributed by atoms with Gasteiger partial charge >= 0.3 is 0 Å². The topological polar surface area (TPSA) is 114 Å². The lowest BCUT2D eigenvalue weighted by Gasteiger charge is -2.33. The van der Waals surface area contributed by atoms with Crippen LogP contribution in [0.3, 0.4) is 0 Å². The van der Waals surface area contributed by atoms with Gasteiger partial charge in [-0.2, -0.15) is 0 Å². The highest BCUT2D eigenvalue weighted by Crippen LogP contribution is 2.29. The van der Waals surface area contributed by atoms with Crippen LogP contribution in [-0.2, 0) is 4.74 Å². The Labute approximate surface area is 199 Å². The number of carbonyl (C=O) groups is 2. The van der Waals surface area contributed by atoms with E-state index >= 15 is 0 Å². The second-order valence-electron chi connectivity index (χ2n) is 8.72. The Morgan fingerprint density at radius 2 is 1.88 bits per heavy atom. The van der Waals surface area contributed by atoms with Crippen LogP contribution in [0.1, 0.15) is 52.5 Å². The molecular formula is C25H32N4O5. The zero-order chi connectivity index (χ0) is 24.7. The monoisotopic (exact) mass is 468 g/mol. The Balaban J connectivity index is 1.83. The van der Waals surface area contributed by atoms with Crippen molar-refractivity contribution in [3.05, 3.63) is 63.2 Å². The molecular weight excluding hydrogens is 436 g/mol. The Morgan fingerprint density at radius 1 is 1.15 bits per heavy atom. The standard InChI is InChI=1S/C25H32N4O5/c1-17-9-12-28(13-10-17)22-8-7-20(16-21(22)25(31)26-11-4-14-34-3)27-24(30)19-6-5-18(2)23(15-19)29(32)33/h5-8,15-17H,4,9-14H2,1-3H3,(H,26,31)(H,27,30). The zero-order valence-corrected chi connectivity index (χ0v) is 19.9. The van der Waals surface area contributed by atoms with Gasteiger partial charge in [-0.3, -0.25) is 19.7 Å². The summed E-state index contributed by atoms with van der Waals surface area (Å²) in [5, 5.41) is 16.9. The van der Waals surface area contributed by atoms with Crippen LogP contribution in [0.4, 0.5) is 17.1 Å². The summed E-state index contributed by atoms with van der Waals surface area (Å²) in [6.45, 7) is 6.61. The number of nitrogens with one attached hydrogen (secondary N) is 2. The van der Waals surface area contributed by atoms with E-state index in [1.165, 1.54) is 6.07 Å². The fraction of sp³-hybridized carbons (Fsp3) is 0.440. The molecule has 9 heteroatoms. The molecule has 0 aromatic heterocycles. The van der Waals surface area contributed by atoms with E-state index in [0.717, 1.165) is 31.6 Å². The number of methoxy groups -OCH3 is 1. The van der Waals surface area contributed by atoms with E-state index in [1.807, 2.05) is 6.07 Å². The fourth-order valence-electron chi connectivity index (χ4n) is 3.99. The van der Waals surface area contributed by atoms with Crippen molar-refractivity contribution in [2.75, 3.05) is 43.6 Å². The number of ether oxygens (including phenoxy) is 1. The first-order valence-electron chi connectivity index (χ1n) is 11.5. The van der Waals surface area contributed by atoms with Crippen molar-refractivity contribution < 1.29 is 19.2 Å². The van der Waals surface area contributed by atoms with E-state index in [1.54, 1.807) is 38.3 Å². The van der Waals surface area contributed by atoms with Gasteiger partial charge in [0.1, 0.15) is 0 Å². The van der Waals surface area contributed by atoms with Crippen molar-refractivity contribution in [3.8, 4) is 0 Å². The van der Waals surface area contributed by atoms with Crippen LogP contribution >= 0.6 is 0 Å². The van der Waals surface area contributed by atoms with Crippen molar-refractivity contribution in [3.63, 3.8) is 0 Å². The van der Waals surface area contributed by atoms with Crippen molar-refractivity contribution in [1.29, 1.82) is 0 Å². The maximum Gasteiger partial charge on any atom is 0.273 e. The molecule has 34 heavy (non-hydrogen) atoms. The second kappa shape index (κ2) is 11.6. The van der Waals surface area contributed by atoms with E-state index in [9.17, 15) is 19.7 Å². The molecule has 2 aromatic rings. The van der Waals surface area contributed by atoms with Crippen LogP contribution in [0.5, 0.6) is 0 Å². The number of nitro benzene ring substituents is 1. The minimum atomic E-state index is -0.508. The molecule has 1 saturated heterocycles. The minimum Gasteiger partial charge on any atom is -0.385 e. The number of anilines is 2. The summed E-state index contributed by atoms with van der Waals surface area (Å²) in [5.41, 5.74) is 2.31. The molecule has 182 valence electrons. The van der Waals surface area contributed by atoms with Gasteiger partial charge in [-0.15, -0.1) is 0 Å². The van der Waals surface area contributed by atoms with Gasteiger partial charge in [0.05, 0.1) is 10.5 Å². The fourth-order valence-corrected chi connectivity index (χ4v) is 3.99. The van der Waals surface area contributed by atoms with Crippen LogP contribution in [0.25, 0.3) is 0 Å². The lowest BCUT2D eigenvalue weighted by Crippen LogP contribution is -2.35. The average molecular weight is 469 g/mol. The number of hydrogen-bond acceptors (Lipinski definition) is 6. The Morgan fingerprint density at radius 3 is 2.56 bits per heavy atom. The first-order chi connectivity index (χ1) is 16.3. The summed E-state index contributed by atoms with van der Waals surface area (Å²) in [4.78, 5) is 38.8. The van der Waals surface area contributed by atoms with Crippen molar-refractivity contribution >= 4 is 28.9 Å². The van der Waals surface area contributed by atoms with E-state index in [0.29, 0.717) is 42.3 Å². The van der Waals surface area contributed by atoms with Gasteiger partial charge in [0, 0.05) is 61.9 Å². The van der Waals surface area contributed by atoms with E-state index < -0.39 is 10.8 Å². The van der Waals surface area contributed by atoms with Crippen LogP contribution in [0.15, 0.2) is 36.4 Å². The zero-order valence-electron chi connectivity index (χ0n) is 19.9. The van der Waals surface area contributed by atoms with Crippen molar-refractivity contribution in [1.82, 2.24) is 5.32 Å². The minimum absolute atomic E-state index is 0.113. The van der Waals surface area contributed by atoms with Gasteiger partial charge in [-0.25, -0.2) is 0 Å². The molecule has 0 aliphatic carbocycles. The molecule has 0 saturated carbocycles. The SMILES string of the molecule is COCCCNC(=O)c1cc(NC(=O)c2ccc(C)c([N+](=O)[O-])c2)ccc1N1CCC(C)CC1. The van der Waals surface area contributed by atoms with Gasteiger partial charge in [0.15, 0.2) is 0 Å². The molecule has 0 radical (unpaired) electrons. The predicted molar refractivity (Wildman–Crippen MR) is 132 cm³/mol. The molecule has 2 N–H and O–H groups in total. The summed E-state index contributed by atoms with van der Waals surface area (Å²) in [6.07, 6.45) is 2.81. The number of hydrogen-bond donors (Lipinski definition) is 2. The Bertz CT molecular complexity index is 1050. The third-order valence-corrected chi connectivity index (χ3v) is 6.10. The Hall–Kier alpha value is -3.46. The quantitative estimate of drug-likeness (QED) is 0.325. The summed E-state index contributed by atoms with van der Waals surface area (Å²) >= 11 is 0. The summed E-state index contributed by atoms with van der Waals surface area (Å²) in [5.74, 6) is -0.0411.